The Morgan fingerprint density at radius 3 is 2.67 bits per heavy atom. The standard InChI is InChI=1S/C15H23FN2/c1-10-4-5-13(8-15(10)16)12(3)18-7-6-14(9-18)11(2)17/h4-5,8,11-12,14H,6-7,9,17H2,1-3H3. The Labute approximate surface area is 109 Å². The molecule has 0 aromatic heterocycles. The SMILES string of the molecule is Cc1ccc(C(C)N2CCC(C(C)N)C2)cc1F. The largest absolute Gasteiger partial charge is 0.328 e. The highest BCUT2D eigenvalue weighted by Crippen LogP contribution is 2.29. The predicted molar refractivity (Wildman–Crippen MR) is 72.9 cm³/mol. The monoisotopic (exact) mass is 250 g/mol. The number of hydrogen-bond donors (Lipinski definition) is 1. The van der Waals surface area contributed by atoms with Crippen LogP contribution in [-0.4, -0.2) is 24.0 Å². The first-order chi connectivity index (χ1) is 8.49. The normalized spacial score (nSPS) is 24.2. The molecule has 1 aromatic rings. The predicted octanol–water partition coefficient (Wildman–Crippen LogP) is 2.86. The van der Waals surface area contributed by atoms with Crippen LogP contribution in [0.5, 0.6) is 0 Å². The van der Waals surface area contributed by atoms with Crippen molar-refractivity contribution in [3.05, 3.63) is 35.1 Å². The van der Waals surface area contributed by atoms with Crippen molar-refractivity contribution < 1.29 is 4.39 Å². The second kappa shape index (κ2) is 5.37. The Morgan fingerprint density at radius 2 is 2.11 bits per heavy atom. The van der Waals surface area contributed by atoms with Crippen LogP contribution >= 0.6 is 0 Å². The van der Waals surface area contributed by atoms with E-state index in [1.54, 1.807) is 13.0 Å². The summed E-state index contributed by atoms with van der Waals surface area (Å²) >= 11 is 0. The molecule has 2 rings (SSSR count). The van der Waals surface area contributed by atoms with Crippen molar-refractivity contribution >= 4 is 0 Å². The van der Waals surface area contributed by atoms with E-state index in [0.717, 1.165) is 25.1 Å². The summed E-state index contributed by atoms with van der Waals surface area (Å²) < 4.78 is 13.6. The minimum absolute atomic E-state index is 0.109. The molecule has 3 heteroatoms. The molecular weight excluding hydrogens is 227 g/mol. The molecule has 1 aliphatic heterocycles. The Bertz CT molecular complexity index is 417. The molecule has 0 bridgehead atoms. The molecule has 1 fully saturated rings. The number of nitrogens with zero attached hydrogens (tertiary/aromatic N) is 1. The average Bonchev–Trinajstić information content (AvgIpc) is 2.81. The molecule has 1 heterocycles. The summed E-state index contributed by atoms with van der Waals surface area (Å²) in [6.07, 6.45) is 1.15. The number of halogens is 1. The summed E-state index contributed by atoms with van der Waals surface area (Å²) in [6, 6.07) is 6.07. The Kier molecular flexibility index (Phi) is 4.03. The third-order valence-corrected chi connectivity index (χ3v) is 4.23. The van der Waals surface area contributed by atoms with Gasteiger partial charge in [0.05, 0.1) is 0 Å². The summed E-state index contributed by atoms with van der Waals surface area (Å²) in [5.74, 6) is 0.463. The third-order valence-electron chi connectivity index (χ3n) is 4.23. The second-order valence-corrected chi connectivity index (χ2v) is 5.59. The zero-order valence-electron chi connectivity index (χ0n) is 11.5. The van der Waals surface area contributed by atoms with Crippen molar-refractivity contribution in [1.82, 2.24) is 4.90 Å². The molecule has 0 spiro atoms. The Morgan fingerprint density at radius 1 is 1.39 bits per heavy atom. The number of rotatable bonds is 3. The van der Waals surface area contributed by atoms with E-state index in [-0.39, 0.29) is 17.9 Å². The van der Waals surface area contributed by atoms with Gasteiger partial charge in [0.1, 0.15) is 5.82 Å². The van der Waals surface area contributed by atoms with Gasteiger partial charge in [0.2, 0.25) is 0 Å². The van der Waals surface area contributed by atoms with Crippen LogP contribution in [0.2, 0.25) is 0 Å². The number of hydrogen-bond acceptors (Lipinski definition) is 2. The summed E-state index contributed by atoms with van der Waals surface area (Å²) in [4.78, 5) is 2.40. The number of benzene rings is 1. The first-order valence-electron chi connectivity index (χ1n) is 6.74. The van der Waals surface area contributed by atoms with Crippen LogP contribution in [0.3, 0.4) is 0 Å². The average molecular weight is 250 g/mol. The first kappa shape index (κ1) is 13.5. The highest BCUT2D eigenvalue weighted by atomic mass is 19.1. The second-order valence-electron chi connectivity index (χ2n) is 5.59. The fourth-order valence-corrected chi connectivity index (χ4v) is 2.68. The number of likely N-dealkylation sites (tertiary alicyclic amines) is 1. The van der Waals surface area contributed by atoms with E-state index >= 15 is 0 Å². The lowest BCUT2D eigenvalue weighted by Crippen LogP contribution is -2.31. The van der Waals surface area contributed by atoms with Crippen LogP contribution in [0.15, 0.2) is 18.2 Å². The Hall–Kier alpha value is -0.930. The van der Waals surface area contributed by atoms with Crippen LogP contribution < -0.4 is 5.73 Å². The fraction of sp³-hybridized carbons (Fsp3) is 0.600. The molecule has 3 unspecified atom stereocenters. The molecule has 18 heavy (non-hydrogen) atoms. The van der Waals surface area contributed by atoms with Gasteiger partial charge >= 0.3 is 0 Å². The lowest BCUT2D eigenvalue weighted by molar-refractivity contribution is 0.247. The molecule has 0 saturated carbocycles. The minimum atomic E-state index is -0.109. The van der Waals surface area contributed by atoms with Gasteiger partial charge in [-0.25, -0.2) is 4.39 Å². The van der Waals surface area contributed by atoms with Gasteiger partial charge in [-0.2, -0.15) is 0 Å². The molecule has 1 aliphatic rings. The molecule has 0 amide bonds. The van der Waals surface area contributed by atoms with Crippen LogP contribution in [0.1, 0.15) is 37.4 Å². The lowest BCUT2D eigenvalue weighted by atomic mass is 10.0. The van der Waals surface area contributed by atoms with E-state index in [2.05, 4.69) is 18.7 Å². The van der Waals surface area contributed by atoms with Crippen LogP contribution in [-0.2, 0) is 0 Å². The quantitative estimate of drug-likeness (QED) is 0.893. The lowest BCUT2D eigenvalue weighted by Gasteiger charge is -2.25. The van der Waals surface area contributed by atoms with Crippen molar-refractivity contribution in [2.45, 2.75) is 39.3 Å². The van der Waals surface area contributed by atoms with Gasteiger partial charge in [-0.3, -0.25) is 4.90 Å². The van der Waals surface area contributed by atoms with E-state index in [4.69, 9.17) is 5.73 Å². The van der Waals surface area contributed by atoms with Crippen LogP contribution in [0.25, 0.3) is 0 Å². The van der Waals surface area contributed by atoms with Gasteiger partial charge in [0.25, 0.3) is 0 Å². The van der Waals surface area contributed by atoms with Crippen molar-refractivity contribution in [3.63, 3.8) is 0 Å². The van der Waals surface area contributed by atoms with Crippen molar-refractivity contribution in [3.8, 4) is 0 Å². The zero-order valence-corrected chi connectivity index (χ0v) is 11.5. The van der Waals surface area contributed by atoms with Crippen LogP contribution in [0, 0.1) is 18.7 Å². The molecule has 2 N–H and O–H groups in total. The van der Waals surface area contributed by atoms with Gasteiger partial charge in [-0.1, -0.05) is 12.1 Å². The zero-order chi connectivity index (χ0) is 13.3. The van der Waals surface area contributed by atoms with Crippen molar-refractivity contribution in [2.24, 2.45) is 11.7 Å². The topological polar surface area (TPSA) is 29.3 Å². The highest BCUT2D eigenvalue weighted by Gasteiger charge is 2.28. The summed E-state index contributed by atoms with van der Waals surface area (Å²) in [5.41, 5.74) is 7.72. The molecule has 0 aliphatic carbocycles. The van der Waals surface area contributed by atoms with E-state index in [0.29, 0.717) is 11.5 Å². The highest BCUT2D eigenvalue weighted by molar-refractivity contribution is 5.25. The van der Waals surface area contributed by atoms with E-state index in [1.165, 1.54) is 0 Å². The first-order valence-corrected chi connectivity index (χ1v) is 6.74. The molecule has 2 nitrogen and oxygen atoms in total. The van der Waals surface area contributed by atoms with Crippen molar-refractivity contribution in [2.75, 3.05) is 13.1 Å². The van der Waals surface area contributed by atoms with Gasteiger partial charge in [-0.15, -0.1) is 0 Å². The molecule has 1 aromatic carbocycles. The van der Waals surface area contributed by atoms with E-state index in [9.17, 15) is 4.39 Å². The summed E-state index contributed by atoms with van der Waals surface area (Å²) in [7, 11) is 0. The smallest absolute Gasteiger partial charge is 0.126 e. The molecule has 0 radical (unpaired) electrons. The maximum Gasteiger partial charge on any atom is 0.126 e. The molecule has 1 saturated heterocycles. The molecule has 100 valence electrons. The molecular formula is C15H23FN2. The maximum absolute atomic E-state index is 13.6. The number of nitrogens with two attached hydrogens (primary N) is 1. The third kappa shape index (κ3) is 2.73. The van der Waals surface area contributed by atoms with Gasteiger partial charge in [-0.05, 0) is 56.8 Å². The van der Waals surface area contributed by atoms with Crippen LogP contribution in [0.4, 0.5) is 4.39 Å². The van der Waals surface area contributed by atoms with E-state index < -0.39 is 0 Å². The van der Waals surface area contributed by atoms with E-state index in [1.807, 2.05) is 12.1 Å². The van der Waals surface area contributed by atoms with Gasteiger partial charge in [0, 0.05) is 18.6 Å². The van der Waals surface area contributed by atoms with Gasteiger partial charge in [0.15, 0.2) is 0 Å². The maximum atomic E-state index is 13.6. The van der Waals surface area contributed by atoms with Crippen molar-refractivity contribution in [1.29, 1.82) is 0 Å². The Balaban J connectivity index is 2.07. The fourth-order valence-electron chi connectivity index (χ4n) is 2.68. The summed E-state index contributed by atoms with van der Waals surface area (Å²) in [6.45, 7) is 8.10. The minimum Gasteiger partial charge on any atom is -0.328 e. The summed E-state index contributed by atoms with van der Waals surface area (Å²) in [5, 5.41) is 0. The number of aryl methyl sites for hydroxylation is 1. The van der Waals surface area contributed by atoms with Gasteiger partial charge < -0.3 is 5.73 Å². The molecule has 3 atom stereocenters.